The van der Waals surface area contributed by atoms with Crippen LogP contribution in [0.25, 0.3) is 0 Å². The van der Waals surface area contributed by atoms with Crippen molar-refractivity contribution in [3.63, 3.8) is 0 Å². The summed E-state index contributed by atoms with van der Waals surface area (Å²) in [6.45, 7) is 0.211. The van der Waals surface area contributed by atoms with E-state index in [0.29, 0.717) is 12.2 Å². The minimum absolute atomic E-state index is 0.0333. The van der Waals surface area contributed by atoms with E-state index in [1.165, 1.54) is 41.9 Å². The van der Waals surface area contributed by atoms with E-state index in [1.807, 2.05) is 0 Å². The van der Waals surface area contributed by atoms with Crippen molar-refractivity contribution < 1.29 is 37.4 Å². The van der Waals surface area contributed by atoms with Crippen LogP contribution in [-0.2, 0) is 21.4 Å². The fourth-order valence-corrected chi connectivity index (χ4v) is 4.62. The van der Waals surface area contributed by atoms with E-state index in [1.54, 1.807) is 12.1 Å². The predicted molar refractivity (Wildman–Crippen MR) is 101 cm³/mol. The number of aliphatic hydroxyl groups is 1. The van der Waals surface area contributed by atoms with E-state index in [9.17, 15) is 22.7 Å². The molecule has 0 radical (unpaired) electrons. The summed E-state index contributed by atoms with van der Waals surface area (Å²) < 4.78 is 50.2. The molecule has 3 rings (SSSR count). The van der Waals surface area contributed by atoms with Gasteiger partial charge in [0.15, 0.2) is 6.23 Å². The minimum Gasteiger partial charge on any atom is -0.489 e. The lowest BCUT2D eigenvalue weighted by atomic mass is 10.1. The van der Waals surface area contributed by atoms with Gasteiger partial charge in [-0.15, -0.1) is 0 Å². The molecule has 0 bridgehead atoms. The van der Waals surface area contributed by atoms with Crippen molar-refractivity contribution in [2.75, 3.05) is 6.54 Å². The van der Waals surface area contributed by atoms with Gasteiger partial charge in [-0.1, -0.05) is 12.1 Å². The Hall–Kier alpha value is -2.73. The third kappa shape index (κ3) is 5.05. The second-order valence-corrected chi connectivity index (χ2v) is 8.51. The Labute approximate surface area is 172 Å². The maximum atomic E-state index is 13.0. The number of hydrogen-bond donors (Lipinski definition) is 3. The van der Waals surface area contributed by atoms with Gasteiger partial charge in [0.25, 0.3) is 0 Å². The van der Waals surface area contributed by atoms with Crippen LogP contribution < -0.4 is 10.2 Å². The van der Waals surface area contributed by atoms with Gasteiger partial charge in [-0.25, -0.2) is 23.1 Å². The van der Waals surface area contributed by atoms with E-state index in [4.69, 9.17) is 14.7 Å². The smallest absolute Gasteiger partial charge is 0.432 e. The molecule has 3 N–H and O–H groups in total. The van der Waals surface area contributed by atoms with E-state index in [-0.39, 0.29) is 30.3 Å². The molecule has 30 heavy (non-hydrogen) atoms. The fraction of sp³-hybridized carbons (Fsp3) is 0.316. The summed E-state index contributed by atoms with van der Waals surface area (Å²) in [4.78, 5) is 11.3. The highest BCUT2D eigenvalue weighted by molar-refractivity contribution is 7.89. The van der Waals surface area contributed by atoms with Crippen LogP contribution in [0.15, 0.2) is 53.4 Å². The lowest BCUT2D eigenvalue weighted by Crippen LogP contribution is -2.53. The number of carbonyl (C=O) groups is 1. The summed E-state index contributed by atoms with van der Waals surface area (Å²) in [6.07, 6.45) is -3.36. The normalized spacial score (nSPS) is 19.8. The first-order valence-corrected chi connectivity index (χ1v) is 10.5. The van der Waals surface area contributed by atoms with Gasteiger partial charge in [0.1, 0.15) is 24.3 Å². The van der Waals surface area contributed by atoms with Crippen LogP contribution in [0.1, 0.15) is 18.4 Å². The molecule has 0 aliphatic carbocycles. The minimum atomic E-state index is -4.10. The molecule has 0 spiro atoms. The molecule has 0 unspecified atom stereocenters. The van der Waals surface area contributed by atoms with Crippen LogP contribution in [-0.4, -0.2) is 48.0 Å². The molecule has 0 aromatic heterocycles. The SMILES string of the molecule is O=C(NO)O[C@@H]1[C@@H](O)CCCN1S(=O)(=O)c1ccc(OCc2ccc(F)cc2)cc1. The van der Waals surface area contributed by atoms with Gasteiger partial charge in [-0.2, -0.15) is 4.31 Å². The molecule has 1 heterocycles. The third-order valence-electron chi connectivity index (χ3n) is 4.56. The van der Waals surface area contributed by atoms with Crippen molar-refractivity contribution in [1.82, 2.24) is 9.79 Å². The highest BCUT2D eigenvalue weighted by Gasteiger charge is 2.41. The van der Waals surface area contributed by atoms with E-state index in [2.05, 4.69) is 0 Å². The first-order valence-electron chi connectivity index (χ1n) is 9.09. The zero-order valence-electron chi connectivity index (χ0n) is 15.8. The number of carbonyl (C=O) groups excluding carboxylic acids is 1. The number of sulfonamides is 1. The van der Waals surface area contributed by atoms with E-state index in [0.717, 1.165) is 9.87 Å². The summed E-state index contributed by atoms with van der Waals surface area (Å²) in [7, 11) is -4.10. The lowest BCUT2D eigenvalue weighted by Gasteiger charge is -2.36. The Morgan fingerprint density at radius 2 is 1.83 bits per heavy atom. The molecule has 1 amide bonds. The number of amides is 1. The second-order valence-electron chi connectivity index (χ2n) is 6.62. The van der Waals surface area contributed by atoms with Crippen LogP contribution in [0.5, 0.6) is 5.75 Å². The summed E-state index contributed by atoms with van der Waals surface area (Å²) in [5.74, 6) is 0.0549. The first-order chi connectivity index (χ1) is 14.3. The molecule has 1 saturated heterocycles. The molecular weight excluding hydrogens is 419 g/mol. The molecule has 162 valence electrons. The molecular formula is C19H21FN2O7S. The second kappa shape index (κ2) is 9.39. The summed E-state index contributed by atoms with van der Waals surface area (Å²) in [6, 6.07) is 11.4. The lowest BCUT2D eigenvalue weighted by molar-refractivity contribution is -0.0837. The topological polar surface area (TPSA) is 125 Å². The number of halogens is 1. The maximum absolute atomic E-state index is 13.0. The molecule has 9 nitrogen and oxygen atoms in total. The van der Waals surface area contributed by atoms with E-state index < -0.39 is 28.4 Å². The Morgan fingerprint density at radius 3 is 2.47 bits per heavy atom. The highest BCUT2D eigenvalue weighted by atomic mass is 32.2. The molecule has 0 saturated carbocycles. The number of aliphatic hydroxyl groups excluding tert-OH is 1. The monoisotopic (exact) mass is 440 g/mol. The van der Waals surface area contributed by atoms with Gasteiger partial charge < -0.3 is 14.6 Å². The zero-order valence-corrected chi connectivity index (χ0v) is 16.6. The Bertz CT molecular complexity index is 967. The average Bonchev–Trinajstić information content (AvgIpc) is 2.74. The van der Waals surface area contributed by atoms with Gasteiger partial charge in [0, 0.05) is 6.54 Å². The average molecular weight is 440 g/mol. The number of nitrogens with zero attached hydrogens (tertiary/aromatic N) is 1. The summed E-state index contributed by atoms with van der Waals surface area (Å²) in [5, 5.41) is 18.7. The number of hydroxylamine groups is 1. The molecule has 1 aliphatic rings. The molecule has 1 aliphatic heterocycles. The van der Waals surface area contributed by atoms with Crippen molar-refractivity contribution in [3.8, 4) is 5.75 Å². The number of hydrogen-bond acceptors (Lipinski definition) is 7. The maximum Gasteiger partial charge on any atom is 0.432 e. The summed E-state index contributed by atoms with van der Waals surface area (Å²) >= 11 is 0. The standard InChI is InChI=1S/C19H21FN2O7S/c20-14-5-3-13(4-6-14)12-28-15-7-9-16(10-8-15)30(26,27)22-11-1-2-17(23)18(22)29-19(24)21-25/h3-10,17-18,23,25H,1-2,11-12H2,(H,21,24)/t17-,18+/m0/s1. The van der Waals surface area contributed by atoms with Crippen molar-refractivity contribution >= 4 is 16.1 Å². The van der Waals surface area contributed by atoms with Gasteiger partial charge in [0.2, 0.25) is 10.0 Å². The highest BCUT2D eigenvalue weighted by Crippen LogP contribution is 2.27. The van der Waals surface area contributed by atoms with Gasteiger partial charge in [-0.3, -0.25) is 5.21 Å². The molecule has 11 heteroatoms. The third-order valence-corrected chi connectivity index (χ3v) is 6.44. The van der Waals surface area contributed by atoms with E-state index >= 15 is 0 Å². The number of nitrogens with one attached hydrogen (secondary N) is 1. The Balaban J connectivity index is 1.73. The van der Waals surface area contributed by atoms with Crippen LogP contribution in [0.3, 0.4) is 0 Å². The molecule has 2 atom stereocenters. The van der Waals surface area contributed by atoms with Crippen LogP contribution >= 0.6 is 0 Å². The van der Waals surface area contributed by atoms with Gasteiger partial charge in [-0.05, 0) is 54.8 Å². The van der Waals surface area contributed by atoms with Crippen LogP contribution in [0.2, 0.25) is 0 Å². The number of rotatable bonds is 6. The largest absolute Gasteiger partial charge is 0.489 e. The van der Waals surface area contributed by atoms with Crippen LogP contribution in [0.4, 0.5) is 9.18 Å². The quantitative estimate of drug-likeness (QED) is 0.463. The van der Waals surface area contributed by atoms with Crippen LogP contribution in [0, 0.1) is 5.82 Å². The van der Waals surface area contributed by atoms with Crippen molar-refractivity contribution in [2.45, 2.75) is 36.7 Å². The molecule has 2 aromatic carbocycles. The Morgan fingerprint density at radius 1 is 1.17 bits per heavy atom. The zero-order chi connectivity index (χ0) is 21.7. The van der Waals surface area contributed by atoms with Gasteiger partial charge >= 0.3 is 6.09 Å². The molecule has 1 fully saturated rings. The summed E-state index contributed by atoms with van der Waals surface area (Å²) in [5.41, 5.74) is 2.00. The van der Waals surface area contributed by atoms with Crippen molar-refractivity contribution in [3.05, 3.63) is 59.9 Å². The fourth-order valence-electron chi connectivity index (χ4n) is 3.04. The van der Waals surface area contributed by atoms with Crippen molar-refractivity contribution in [2.24, 2.45) is 0 Å². The van der Waals surface area contributed by atoms with Crippen molar-refractivity contribution in [1.29, 1.82) is 0 Å². The number of piperidine rings is 1. The first kappa shape index (κ1) is 22.0. The Kier molecular flexibility index (Phi) is 6.87. The predicted octanol–water partition coefficient (Wildman–Crippen LogP) is 1.99. The number of ether oxygens (including phenoxy) is 2. The van der Waals surface area contributed by atoms with Gasteiger partial charge in [0.05, 0.1) is 4.90 Å². The molecule has 2 aromatic rings. The number of benzene rings is 2.